The summed E-state index contributed by atoms with van der Waals surface area (Å²) >= 11 is 0. The Kier molecular flexibility index (Phi) is 6.44. The minimum Gasteiger partial charge on any atom is -0.370 e. The summed E-state index contributed by atoms with van der Waals surface area (Å²) in [4.78, 5) is 8.52. The van der Waals surface area contributed by atoms with E-state index in [0.717, 1.165) is 11.3 Å². The molecule has 0 atom stereocenters. The molecule has 5 heteroatoms. The fourth-order valence-electron chi connectivity index (χ4n) is 1.27. The molecule has 0 aliphatic rings. The monoisotopic (exact) mass is 348 g/mol. The van der Waals surface area contributed by atoms with Crippen molar-refractivity contribution in [2.75, 3.05) is 0 Å². The van der Waals surface area contributed by atoms with Gasteiger partial charge >= 0.3 is 0 Å². The number of aliphatic imine (C=N–C) groups is 1. The van der Waals surface area contributed by atoms with Crippen molar-refractivity contribution in [3.63, 3.8) is 0 Å². The van der Waals surface area contributed by atoms with Crippen molar-refractivity contribution in [3.8, 4) is 0 Å². The molecular formula is C12H21IN4. The Morgan fingerprint density at radius 1 is 1.47 bits per heavy atom. The fourth-order valence-corrected chi connectivity index (χ4v) is 1.27. The highest BCUT2D eigenvalue weighted by atomic mass is 127. The Morgan fingerprint density at radius 3 is 2.65 bits per heavy atom. The van der Waals surface area contributed by atoms with E-state index >= 15 is 0 Å². The molecule has 96 valence electrons. The fraction of sp³-hybridized carbons (Fsp3) is 0.500. The van der Waals surface area contributed by atoms with E-state index in [1.54, 1.807) is 6.20 Å². The normalized spacial score (nSPS) is 11.9. The zero-order valence-electron chi connectivity index (χ0n) is 10.8. The van der Waals surface area contributed by atoms with E-state index in [1.165, 1.54) is 0 Å². The topological polar surface area (TPSA) is 63.3 Å². The molecule has 0 spiro atoms. The van der Waals surface area contributed by atoms with Crippen LogP contribution in [0.25, 0.3) is 0 Å². The van der Waals surface area contributed by atoms with Crippen LogP contribution in [-0.2, 0) is 6.54 Å². The van der Waals surface area contributed by atoms with Crippen molar-refractivity contribution in [2.45, 2.75) is 39.8 Å². The number of aromatic nitrogens is 1. The van der Waals surface area contributed by atoms with Gasteiger partial charge in [-0.1, -0.05) is 6.07 Å². The molecule has 1 aromatic rings. The van der Waals surface area contributed by atoms with E-state index in [-0.39, 0.29) is 29.5 Å². The molecule has 0 fully saturated rings. The van der Waals surface area contributed by atoms with Gasteiger partial charge in [0.05, 0.1) is 12.2 Å². The first-order valence-electron chi connectivity index (χ1n) is 5.37. The summed E-state index contributed by atoms with van der Waals surface area (Å²) in [5.41, 5.74) is 7.80. The zero-order valence-corrected chi connectivity index (χ0v) is 13.1. The van der Waals surface area contributed by atoms with Gasteiger partial charge < -0.3 is 11.1 Å². The number of nitrogens with two attached hydrogens (primary N) is 1. The quantitative estimate of drug-likeness (QED) is 0.489. The number of hydrogen-bond acceptors (Lipinski definition) is 2. The van der Waals surface area contributed by atoms with Crippen LogP contribution in [0.5, 0.6) is 0 Å². The molecule has 1 heterocycles. The number of nitrogens with one attached hydrogen (secondary N) is 1. The Labute approximate surface area is 120 Å². The third-order valence-electron chi connectivity index (χ3n) is 2.02. The average molecular weight is 348 g/mol. The summed E-state index contributed by atoms with van der Waals surface area (Å²) in [5.74, 6) is 0.456. The predicted octanol–water partition coefficient (Wildman–Crippen LogP) is 2.21. The maximum absolute atomic E-state index is 5.77. The van der Waals surface area contributed by atoms with E-state index in [1.807, 2.05) is 39.8 Å². The number of nitrogens with zero attached hydrogens (tertiary/aromatic N) is 2. The third kappa shape index (κ3) is 6.45. The van der Waals surface area contributed by atoms with Gasteiger partial charge in [0.1, 0.15) is 0 Å². The smallest absolute Gasteiger partial charge is 0.189 e. The Morgan fingerprint density at radius 2 is 2.12 bits per heavy atom. The molecule has 0 aliphatic carbocycles. The maximum Gasteiger partial charge on any atom is 0.189 e. The highest BCUT2D eigenvalue weighted by Gasteiger charge is 2.09. The van der Waals surface area contributed by atoms with E-state index in [4.69, 9.17) is 5.73 Å². The van der Waals surface area contributed by atoms with Crippen LogP contribution < -0.4 is 11.1 Å². The molecule has 0 saturated carbocycles. The van der Waals surface area contributed by atoms with Gasteiger partial charge in [-0.15, -0.1) is 24.0 Å². The molecule has 17 heavy (non-hydrogen) atoms. The minimum absolute atomic E-state index is 0. The summed E-state index contributed by atoms with van der Waals surface area (Å²) in [7, 11) is 0. The van der Waals surface area contributed by atoms with Crippen molar-refractivity contribution in [1.82, 2.24) is 10.3 Å². The van der Waals surface area contributed by atoms with Gasteiger partial charge in [0.15, 0.2) is 5.96 Å². The van der Waals surface area contributed by atoms with E-state index in [0.29, 0.717) is 12.5 Å². The Hall–Kier alpha value is -0.850. The van der Waals surface area contributed by atoms with E-state index < -0.39 is 0 Å². The number of halogens is 1. The lowest BCUT2D eigenvalue weighted by Crippen LogP contribution is -2.45. The van der Waals surface area contributed by atoms with Gasteiger partial charge in [-0.25, -0.2) is 4.99 Å². The average Bonchev–Trinajstić information content (AvgIpc) is 2.14. The zero-order chi connectivity index (χ0) is 12.2. The van der Waals surface area contributed by atoms with Crippen LogP contribution in [0.15, 0.2) is 23.3 Å². The lowest BCUT2D eigenvalue weighted by Gasteiger charge is -2.20. The summed E-state index contributed by atoms with van der Waals surface area (Å²) < 4.78 is 0. The SMILES string of the molecule is Cc1cccnc1CN=C(N)NC(C)(C)C.I. The third-order valence-corrected chi connectivity index (χ3v) is 2.02. The van der Waals surface area contributed by atoms with Crippen molar-refractivity contribution >= 4 is 29.9 Å². The summed E-state index contributed by atoms with van der Waals surface area (Å²) in [5, 5.41) is 3.11. The summed E-state index contributed by atoms with van der Waals surface area (Å²) in [6, 6.07) is 3.94. The van der Waals surface area contributed by atoms with Crippen LogP contribution in [0.3, 0.4) is 0 Å². The second-order valence-electron chi connectivity index (χ2n) is 4.84. The molecule has 0 amide bonds. The van der Waals surface area contributed by atoms with Gasteiger partial charge in [0.2, 0.25) is 0 Å². The molecule has 1 rings (SSSR count). The van der Waals surface area contributed by atoms with Crippen molar-refractivity contribution in [3.05, 3.63) is 29.6 Å². The van der Waals surface area contributed by atoms with Crippen molar-refractivity contribution < 1.29 is 0 Å². The highest BCUT2D eigenvalue weighted by Crippen LogP contribution is 2.04. The van der Waals surface area contributed by atoms with Gasteiger partial charge in [-0.05, 0) is 39.3 Å². The van der Waals surface area contributed by atoms with Crippen molar-refractivity contribution in [2.24, 2.45) is 10.7 Å². The summed E-state index contributed by atoms with van der Waals surface area (Å²) in [6.45, 7) is 8.66. The Balaban J connectivity index is 0.00000256. The first kappa shape index (κ1) is 16.1. The molecule has 0 bridgehead atoms. The van der Waals surface area contributed by atoms with Crippen molar-refractivity contribution in [1.29, 1.82) is 0 Å². The largest absolute Gasteiger partial charge is 0.370 e. The number of aryl methyl sites for hydroxylation is 1. The van der Waals surface area contributed by atoms with Crippen LogP contribution in [0, 0.1) is 6.92 Å². The summed E-state index contributed by atoms with van der Waals surface area (Å²) in [6.07, 6.45) is 1.77. The minimum atomic E-state index is -0.0628. The number of rotatable bonds is 2. The maximum atomic E-state index is 5.77. The lowest BCUT2D eigenvalue weighted by atomic mass is 10.1. The molecule has 0 unspecified atom stereocenters. The van der Waals surface area contributed by atoms with Gasteiger partial charge in [0.25, 0.3) is 0 Å². The highest BCUT2D eigenvalue weighted by molar-refractivity contribution is 14.0. The van der Waals surface area contributed by atoms with Crippen LogP contribution in [0.1, 0.15) is 32.0 Å². The second kappa shape index (κ2) is 6.78. The molecule has 1 aromatic heterocycles. The molecule has 0 saturated heterocycles. The Bertz CT molecular complexity index is 382. The van der Waals surface area contributed by atoms with Crippen LogP contribution >= 0.6 is 24.0 Å². The predicted molar refractivity (Wildman–Crippen MR) is 82.6 cm³/mol. The molecular weight excluding hydrogens is 327 g/mol. The first-order valence-corrected chi connectivity index (χ1v) is 5.37. The molecule has 0 radical (unpaired) electrons. The number of pyridine rings is 1. The second-order valence-corrected chi connectivity index (χ2v) is 4.84. The van der Waals surface area contributed by atoms with Crippen LogP contribution in [0.4, 0.5) is 0 Å². The van der Waals surface area contributed by atoms with E-state index in [9.17, 15) is 0 Å². The van der Waals surface area contributed by atoms with Gasteiger partial charge in [0, 0.05) is 11.7 Å². The van der Waals surface area contributed by atoms with E-state index in [2.05, 4.69) is 15.3 Å². The lowest BCUT2D eigenvalue weighted by molar-refractivity contribution is 0.508. The van der Waals surface area contributed by atoms with Crippen LogP contribution in [0.2, 0.25) is 0 Å². The number of hydrogen-bond donors (Lipinski definition) is 2. The molecule has 4 nitrogen and oxygen atoms in total. The molecule has 3 N–H and O–H groups in total. The number of guanidine groups is 1. The standard InChI is InChI=1S/C12H20N4.HI/c1-9-6-5-7-14-10(9)8-15-11(13)16-12(2,3)4;/h5-7H,8H2,1-4H3,(H3,13,15,16);1H. The van der Waals surface area contributed by atoms with Gasteiger partial charge in [-0.2, -0.15) is 0 Å². The molecule has 0 aliphatic heterocycles. The molecule has 0 aromatic carbocycles. The first-order chi connectivity index (χ1) is 7.38. The van der Waals surface area contributed by atoms with Gasteiger partial charge in [-0.3, -0.25) is 4.98 Å². The van der Waals surface area contributed by atoms with Crippen LogP contribution in [-0.4, -0.2) is 16.5 Å².